The Hall–Kier alpha value is -0.770. The van der Waals surface area contributed by atoms with Gasteiger partial charge in [0.15, 0.2) is 0 Å². The average molecular weight is 288 g/mol. The molecule has 2 rings (SSSR count). The molecule has 2 nitrogen and oxygen atoms in total. The second-order valence-corrected chi connectivity index (χ2v) is 4.42. The monoisotopic (exact) mass is 286 g/mol. The second-order valence-electron chi connectivity index (χ2n) is 3.13. The Morgan fingerprint density at radius 3 is 2.73 bits per heavy atom. The largest absolute Gasteiger partial charge is 0.472 e. The van der Waals surface area contributed by atoms with Crippen LogP contribution in [0.1, 0.15) is 17.2 Å². The Morgan fingerprint density at radius 1 is 1.33 bits per heavy atom. The van der Waals surface area contributed by atoms with E-state index in [1.54, 1.807) is 24.3 Å². The van der Waals surface area contributed by atoms with Crippen LogP contribution >= 0.6 is 27.5 Å². The van der Waals surface area contributed by atoms with E-state index in [1.165, 1.54) is 12.5 Å². The number of benzene rings is 1. The van der Waals surface area contributed by atoms with E-state index < -0.39 is 6.10 Å². The number of furan rings is 1. The first-order valence-electron chi connectivity index (χ1n) is 4.33. The Balaban J connectivity index is 2.38. The van der Waals surface area contributed by atoms with Gasteiger partial charge in [-0.2, -0.15) is 0 Å². The van der Waals surface area contributed by atoms with Crippen molar-refractivity contribution >= 4 is 27.5 Å². The molecular weight excluding hydrogens is 279 g/mol. The molecule has 4 heteroatoms. The molecule has 0 radical (unpaired) electrons. The summed E-state index contributed by atoms with van der Waals surface area (Å²) < 4.78 is 5.70. The van der Waals surface area contributed by atoms with E-state index in [-0.39, 0.29) is 0 Å². The van der Waals surface area contributed by atoms with Gasteiger partial charge in [0.25, 0.3) is 0 Å². The summed E-state index contributed by atoms with van der Waals surface area (Å²) in [5, 5.41) is 10.6. The van der Waals surface area contributed by atoms with Crippen LogP contribution in [0, 0.1) is 0 Å². The summed E-state index contributed by atoms with van der Waals surface area (Å²) in [7, 11) is 0. The van der Waals surface area contributed by atoms with Crippen molar-refractivity contribution < 1.29 is 9.52 Å². The zero-order chi connectivity index (χ0) is 10.8. The quantitative estimate of drug-likeness (QED) is 0.912. The molecule has 1 unspecified atom stereocenters. The van der Waals surface area contributed by atoms with Crippen LogP contribution in [-0.2, 0) is 0 Å². The Bertz CT molecular complexity index is 454. The van der Waals surface area contributed by atoms with Gasteiger partial charge in [-0.1, -0.05) is 33.6 Å². The fourth-order valence-corrected chi connectivity index (χ4v) is 2.23. The highest BCUT2D eigenvalue weighted by Crippen LogP contribution is 2.30. The van der Waals surface area contributed by atoms with Gasteiger partial charge in [-0.15, -0.1) is 0 Å². The number of rotatable bonds is 2. The minimum absolute atomic E-state index is 0.630. The van der Waals surface area contributed by atoms with Gasteiger partial charge in [-0.25, -0.2) is 0 Å². The third-order valence-electron chi connectivity index (χ3n) is 2.12. The van der Waals surface area contributed by atoms with Gasteiger partial charge in [-0.05, 0) is 23.8 Å². The lowest BCUT2D eigenvalue weighted by Crippen LogP contribution is -1.98. The van der Waals surface area contributed by atoms with E-state index in [9.17, 15) is 5.11 Å². The van der Waals surface area contributed by atoms with E-state index in [2.05, 4.69) is 15.9 Å². The predicted molar refractivity (Wildman–Crippen MR) is 61.9 cm³/mol. The van der Waals surface area contributed by atoms with Crippen LogP contribution in [0.25, 0.3) is 0 Å². The van der Waals surface area contributed by atoms with Gasteiger partial charge in [0.1, 0.15) is 6.10 Å². The molecule has 15 heavy (non-hydrogen) atoms. The van der Waals surface area contributed by atoms with E-state index in [4.69, 9.17) is 16.0 Å². The van der Waals surface area contributed by atoms with Crippen molar-refractivity contribution in [2.45, 2.75) is 6.10 Å². The van der Waals surface area contributed by atoms with E-state index in [1.807, 2.05) is 0 Å². The first-order chi connectivity index (χ1) is 7.18. The van der Waals surface area contributed by atoms with Crippen molar-refractivity contribution in [3.05, 3.63) is 57.4 Å². The maximum atomic E-state index is 10.0. The second kappa shape index (κ2) is 4.39. The molecular formula is C11H8BrClO2. The molecule has 78 valence electrons. The molecule has 0 bridgehead atoms. The Morgan fingerprint density at radius 2 is 2.13 bits per heavy atom. The van der Waals surface area contributed by atoms with Crippen molar-refractivity contribution in [3.8, 4) is 0 Å². The van der Waals surface area contributed by atoms with Crippen LogP contribution in [0.4, 0.5) is 0 Å². The van der Waals surface area contributed by atoms with Gasteiger partial charge < -0.3 is 9.52 Å². The van der Waals surface area contributed by atoms with E-state index in [0.717, 1.165) is 15.6 Å². The third-order valence-corrected chi connectivity index (χ3v) is 3.04. The van der Waals surface area contributed by atoms with E-state index in [0.29, 0.717) is 5.02 Å². The predicted octanol–water partition coefficient (Wildman–Crippen LogP) is 3.78. The zero-order valence-electron chi connectivity index (χ0n) is 7.65. The molecule has 1 aromatic heterocycles. The summed E-state index contributed by atoms with van der Waals surface area (Å²) in [6.07, 6.45) is 2.35. The van der Waals surface area contributed by atoms with Crippen molar-refractivity contribution in [2.24, 2.45) is 0 Å². The van der Waals surface area contributed by atoms with Crippen LogP contribution in [0.5, 0.6) is 0 Å². The molecule has 0 saturated heterocycles. The van der Waals surface area contributed by atoms with Gasteiger partial charge in [-0.3, -0.25) is 0 Å². The van der Waals surface area contributed by atoms with Crippen molar-refractivity contribution in [2.75, 3.05) is 0 Å². The number of halogens is 2. The topological polar surface area (TPSA) is 33.4 Å². The molecule has 0 spiro atoms. The van der Waals surface area contributed by atoms with Crippen molar-refractivity contribution in [3.63, 3.8) is 0 Å². The Kier molecular flexibility index (Phi) is 3.14. The summed E-state index contributed by atoms with van der Waals surface area (Å²) in [4.78, 5) is 0. The first kappa shape index (κ1) is 10.7. The van der Waals surface area contributed by atoms with Gasteiger partial charge in [0.2, 0.25) is 0 Å². The fourth-order valence-electron chi connectivity index (χ4n) is 1.33. The molecule has 1 aromatic carbocycles. The molecule has 2 aromatic rings. The molecule has 0 fully saturated rings. The molecule has 0 saturated carbocycles. The maximum Gasteiger partial charge on any atom is 0.108 e. The number of aliphatic hydroxyl groups is 1. The lowest BCUT2D eigenvalue weighted by Gasteiger charge is -2.10. The normalized spacial score (nSPS) is 12.7. The van der Waals surface area contributed by atoms with E-state index >= 15 is 0 Å². The van der Waals surface area contributed by atoms with Gasteiger partial charge >= 0.3 is 0 Å². The number of hydrogen-bond acceptors (Lipinski definition) is 2. The number of hydrogen-bond donors (Lipinski definition) is 1. The lowest BCUT2D eigenvalue weighted by molar-refractivity contribution is 0.218. The summed E-state index contributed by atoms with van der Waals surface area (Å²) >= 11 is 9.17. The fraction of sp³-hybridized carbons (Fsp3) is 0.0909. The minimum Gasteiger partial charge on any atom is -0.472 e. The summed E-state index contributed by atoms with van der Waals surface area (Å²) in [5.74, 6) is 0. The molecule has 0 aliphatic rings. The van der Waals surface area contributed by atoms with Crippen LogP contribution in [0.3, 0.4) is 0 Å². The highest BCUT2D eigenvalue weighted by Gasteiger charge is 2.14. The summed E-state index contributed by atoms with van der Waals surface area (Å²) in [5.41, 5.74) is 1.49. The standard InChI is InChI=1S/C11H8BrClO2/c12-10-5-8(13)1-2-9(10)11(14)7-3-4-15-6-7/h1-6,11,14H. The number of aliphatic hydroxyl groups excluding tert-OH is 1. The molecule has 0 amide bonds. The lowest BCUT2D eigenvalue weighted by atomic mass is 10.0. The van der Waals surface area contributed by atoms with Crippen LogP contribution < -0.4 is 0 Å². The zero-order valence-corrected chi connectivity index (χ0v) is 9.99. The molecule has 0 aliphatic heterocycles. The molecule has 1 heterocycles. The Labute approximate surface area is 101 Å². The smallest absolute Gasteiger partial charge is 0.108 e. The van der Waals surface area contributed by atoms with Crippen LogP contribution in [-0.4, -0.2) is 5.11 Å². The van der Waals surface area contributed by atoms with Crippen LogP contribution in [0.15, 0.2) is 45.7 Å². The van der Waals surface area contributed by atoms with Crippen molar-refractivity contribution in [1.82, 2.24) is 0 Å². The summed E-state index contributed by atoms with van der Waals surface area (Å²) in [6, 6.07) is 7.00. The van der Waals surface area contributed by atoms with Gasteiger partial charge in [0, 0.05) is 15.1 Å². The summed E-state index contributed by atoms with van der Waals surface area (Å²) in [6.45, 7) is 0. The van der Waals surface area contributed by atoms with Crippen molar-refractivity contribution in [1.29, 1.82) is 0 Å². The maximum absolute atomic E-state index is 10.0. The van der Waals surface area contributed by atoms with Gasteiger partial charge in [0.05, 0.1) is 12.5 Å². The molecule has 0 aliphatic carbocycles. The highest BCUT2D eigenvalue weighted by molar-refractivity contribution is 9.10. The average Bonchev–Trinajstić information content (AvgIpc) is 2.69. The molecule has 1 N–H and O–H groups in total. The SMILES string of the molecule is OC(c1ccoc1)c1ccc(Cl)cc1Br. The third kappa shape index (κ3) is 2.25. The molecule has 1 atom stereocenters. The highest BCUT2D eigenvalue weighted by atomic mass is 79.9. The van der Waals surface area contributed by atoms with Crippen LogP contribution in [0.2, 0.25) is 5.02 Å². The first-order valence-corrected chi connectivity index (χ1v) is 5.50. The minimum atomic E-state index is -0.699.